The molecule has 8 rings (SSSR count). The molecule has 42 heavy (non-hydrogen) atoms. The number of rotatable bonds is 5. The van der Waals surface area contributed by atoms with Crippen molar-refractivity contribution < 1.29 is 0 Å². The molecule has 0 aliphatic heterocycles. The lowest BCUT2D eigenvalue weighted by Gasteiger charge is -2.15. The molecule has 0 aliphatic carbocycles. The Bertz CT molecular complexity index is 2200. The number of aromatic nitrogens is 2. The van der Waals surface area contributed by atoms with Gasteiger partial charge >= 0.3 is 0 Å². The summed E-state index contributed by atoms with van der Waals surface area (Å²) in [6.07, 6.45) is 0.838. The van der Waals surface area contributed by atoms with Gasteiger partial charge in [0, 0.05) is 32.9 Å². The van der Waals surface area contributed by atoms with Crippen LogP contribution in [0.3, 0.4) is 0 Å². The van der Waals surface area contributed by atoms with E-state index in [1.165, 1.54) is 66.0 Å². The Morgan fingerprint density at radius 3 is 1.43 bits per heavy atom. The maximum Gasteiger partial charge on any atom is 0.0541 e. The molecule has 0 aliphatic rings. The first kappa shape index (κ1) is 24.5. The summed E-state index contributed by atoms with van der Waals surface area (Å²) in [5.74, 6) is 0. The zero-order valence-corrected chi connectivity index (χ0v) is 23.6. The van der Waals surface area contributed by atoms with E-state index in [2.05, 4.69) is 162 Å². The van der Waals surface area contributed by atoms with Crippen LogP contribution in [0.25, 0.3) is 66.1 Å². The van der Waals surface area contributed by atoms with Gasteiger partial charge in [0.1, 0.15) is 0 Å². The molecule has 6 aromatic carbocycles. The Labute approximate surface area is 245 Å². The molecule has 2 nitrogen and oxygen atoms in total. The number of fused-ring (bicyclic) bond motifs is 6. The van der Waals surface area contributed by atoms with Gasteiger partial charge in [-0.05, 0) is 78.6 Å². The molecule has 0 fully saturated rings. The fraction of sp³-hybridized carbons (Fsp3) is 0.0500. The molecule has 2 aromatic heterocycles. The highest BCUT2D eigenvalue weighted by atomic mass is 15.0. The molecular weight excluding hydrogens is 508 g/mol. The topological polar surface area (TPSA) is 9.86 Å². The monoisotopic (exact) mass is 538 g/mol. The standard InChI is InChI=1S/C40H30N2/c1-27(2)22-28-23-30(26-32(24-28)42-39-20-9-5-16-35(39)36-17-6-10-21-40(36)42)29-12-11-13-31(25-29)41-37-18-7-3-14-33(37)34-15-4-8-19-38(34)41/h3-21,23-26H,1,22H2,2H3. The van der Waals surface area contributed by atoms with Crippen molar-refractivity contribution in [2.75, 3.05) is 0 Å². The van der Waals surface area contributed by atoms with Gasteiger partial charge in [0.05, 0.1) is 22.1 Å². The number of hydrogen-bond donors (Lipinski definition) is 0. The van der Waals surface area contributed by atoms with Crippen molar-refractivity contribution in [2.45, 2.75) is 13.3 Å². The van der Waals surface area contributed by atoms with Crippen molar-refractivity contribution in [3.8, 4) is 22.5 Å². The van der Waals surface area contributed by atoms with Gasteiger partial charge in [-0.2, -0.15) is 0 Å². The second kappa shape index (κ2) is 9.64. The van der Waals surface area contributed by atoms with E-state index >= 15 is 0 Å². The summed E-state index contributed by atoms with van der Waals surface area (Å²) in [5, 5.41) is 5.09. The van der Waals surface area contributed by atoms with Crippen molar-refractivity contribution in [1.29, 1.82) is 0 Å². The van der Waals surface area contributed by atoms with Crippen LogP contribution in [0.5, 0.6) is 0 Å². The van der Waals surface area contributed by atoms with Gasteiger partial charge in [-0.15, -0.1) is 0 Å². The van der Waals surface area contributed by atoms with Crippen LogP contribution < -0.4 is 0 Å². The fourth-order valence-electron chi connectivity index (χ4n) is 6.65. The third-order valence-electron chi connectivity index (χ3n) is 8.34. The molecule has 2 heterocycles. The van der Waals surface area contributed by atoms with E-state index in [0.29, 0.717) is 0 Å². The highest BCUT2D eigenvalue weighted by Crippen LogP contribution is 2.36. The molecule has 0 N–H and O–H groups in total. The van der Waals surface area contributed by atoms with E-state index in [0.717, 1.165) is 17.7 Å². The smallest absolute Gasteiger partial charge is 0.0541 e. The summed E-state index contributed by atoms with van der Waals surface area (Å²) in [7, 11) is 0. The molecule has 0 amide bonds. The summed E-state index contributed by atoms with van der Waals surface area (Å²) >= 11 is 0. The molecule has 0 bridgehead atoms. The number of para-hydroxylation sites is 4. The lowest BCUT2D eigenvalue weighted by molar-refractivity contribution is 1.12. The molecular formula is C40H30N2. The van der Waals surface area contributed by atoms with Crippen LogP contribution in [0, 0.1) is 0 Å². The molecule has 0 saturated carbocycles. The van der Waals surface area contributed by atoms with Crippen LogP contribution in [0.4, 0.5) is 0 Å². The molecule has 8 aromatic rings. The van der Waals surface area contributed by atoms with Crippen LogP contribution in [0.1, 0.15) is 12.5 Å². The molecule has 0 unspecified atom stereocenters. The van der Waals surface area contributed by atoms with Crippen molar-refractivity contribution in [2.24, 2.45) is 0 Å². The first-order valence-corrected chi connectivity index (χ1v) is 14.5. The maximum absolute atomic E-state index is 4.24. The van der Waals surface area contributed by atoms with Crippen LogP contribution in [0.15, 0.2) is 152 Å². The Morgan fingerprint density at radius 1 is 0.476 bits per heavy atom. The highest BCUT2D eigenvalue weighted by molar-refractivity contribution is 6.10. The van der Waals surface area contributed by atoms with Gasteiger partial charge in [-0.25, -0.2) is 0 Å². The lowest BCUT2D eigenvalue weighted by Crippen LogP contribution is -1.98. The van der Waals surface area contributed by atoms with E-state index in [4.69, 9.17) is 0 Å². The van der Waals surface area contributed by atoms with Crippen LogP contribution in [-0.4, -0.2) is 9.13 Å². The zero-order valence-electron chi connectivity index (χ0n) is 23.6. The predicted octanol–water partition coefficient (Wildman–Crippen LogP) is 10.7. The summed E-state index contributed by atoms with van der Waals surface area (Å²) in [6.45, 7) is 6.35. The molecule has 0 saturated heterocycles. The van der Waals surface area contributed by atoms with E-state index in [-0.39, 0.29) is 0 Å². The minimum absolute atomic E-state index is 0.838. The van der Waals surface area contributed by atoms with Gasteiger partial charge in [0.2, 0.25) is 0 Å². The van der Waals surface area contributed by atoms with E-state index in [1.807, 2.05) is 0 Å². The summed E-state index contributed by atoms with van der Waals surface area (Å²) in [5.41, 5.74) is 12.0. The minimum atomic E-state index is 0.838. The van der Waals surface area contributed by atoms with Gasteiger partial charge in [0.15, 0.2) is 0 Å². The number of nitrogens with zero attached hydrogens (tertiary/aromatic N) is 2. The number of hydrogen-bond acceptors (Lipinski definition) is 0. The van der Waals surface area contributed by atoms with Crippen LogP contribution in [-0.2, 0) is 6.42 Å². The number of allylic oxidation sites excluding steroid dienone is 1. The van der Waals surface area contributed by atoms with E-state index in [1.54, 1.807) is 0 Å². The summed E-state index contributed by atoms with van der Waals surface area (Å²) < 4.78 is 4.80. The summed E-state index contributed by atoms with van der Waals surface area (Å²) in [4.78, 5) is 0. The van der Waals surface area contributed by atoms with Gasteiger partial charge in [0.25, 0.3) is 0 Å². The molecule has 2 heteroatoms. The molecule has 0 atom stereocenters. The maximum atomic E-state index is 4.24. The largest absolute Gasteiger partial charge is 0.309 e. The second-order valence-electron chi connectivity index (χ2n) is 11.3. The second-order valence-corrected chi connectivity index (χ2v) is 11.3. The van der Waals surface area contributed by atoms with Gasteiger partial charge in [-0.3, -0.25) is 0 Å². The minimum Gasteiger partial charge on any atom is -0.309 e. The van der Waals surface area contributed by atoms with E-state index in [9.17, 15) is 0 Å². The lowest BCUT2D eigenvalue weighted by atomic mass is 9.98. The first-order chi connectivity index (χ1) is 20.7. The summed E-state index contributed by atoms with van der Waals surface area (Å²) in [6, 6.07) is 50.7. The van der Waals surface area contributed by atoms with Crippen LogP contribution in [0.2, 0.25) is 0 Å². The Balaban J connectivity index is 1.36. The number of benzene rings is 6. The van der Waals surface area contributed by atoms with Crippen molar-refractivity contribution in [3.05, 3.63) is 157 Å². The van der Waals surface area contributed by atoms with Crippen molar-refractivity contribution >= 4 is 43.6 Å². The van der Waals surface area contributed by atoms with Gasteiger partial charge < -0.3 is 9.13 Å². The molecule has 0 spiro atoms. The Kier molecular flexibility index (Phi) is 5.61. The average molecular weight is 539 g/mol. The quantitative estimate of drug-likeness (QED) is 0.193. The normalized spacial score (nSPS) is 11.6. The van der Waals surface area contributed by atoms with E-state index < -0.39 is 0 Å². The van der Waals surface area contributed by atoms with Crippen LogP contribution >= 0.6 is 0 Å². The van der Waals surface area contributed by atoms with Gasteiger partial charge in [-0.1, -0.05) is 103 Å². The molecule has 200 valence electrons. The van der Waals surface area contributed by atoms with Crippen molar-refractivity contribution in [3.63, 3.8) is 0 Å². The third kappa shape index (κ3) is 3.88. The Hall–Kier alpha value is -5.34. The third-order valence-corrected chi connectivity index (χ3v) is 8.34. The Morgan fingerprint density at radius 2 is 0.929 bits per heavy atom. The zero-order chi connectivity index (χ0) is 28.2. The first-order valence-electron chi connectivity index (χ1n) is 14.5. The average Bonchev–Trinajstić information content (AvgIpc) is 3.54. The highest BCUT2D eigenvalue weighted by Gasteiger charge is 2.15. The fourth-order valence-corrected chi connectivity index (χ4v) is 6.65. The SMILES string of the molecule is C=C(C)Cc1cc(-c2cccc(-n3c4ccccc4c4ccccc43)c2)cc(-n2c3ccccc3c3ccccc32)c1. The molecule has 0 radical (unpaired) electrons. The van der Waals surface area contributed by atoms with Crippen molar-refractivity contribution in [1.82, 2.24) is 9.13 Å². The predicted molar refractivity (Wildman–Crippen MR) is 179 cm³/mol.